The van der Waals surface area contributed by atoms with Crippen LogP contribution in [-0.2, 0) is 14.3 Å². The number of ether oxygens (including phenoxy) is 2. The predicted octanol–water partition coefficient (Wildman–Crippen LogP) is 6.04. The van der Waals surface area contributed by atoms with E-state index in [2.05, 4.69) is 40.7 Å². The lowest BCUT2D eigenvalue weighted by Crippen LogP contribution is -2.36. The fraction of sp³-hybridized carbons (Fsp3) is 0.515. The summed E-state index contributed by atoms with van der Waals surface area (Å²) in [5.74, 6) is 1.23. The molecule has 8 heteroatoms. The van der Waals surface area contributed by atoms with E-state index in [1.807, 2.05) is 24.3 Å². The SMILES string of the molecule is CCOC(=O)CCNCC(=O)c1ccc(NC(c2oc3ccc(N4CCOCC4)cc3c2C)C2CCCCC2)cc1. The number of fused-ring (bicyclic) bond motifs is 1. The molecule has 0 amide bonds. The topological polar surface area (TPSA) is 93.0 Å². The van der Waals surface area contributed by atoms with E-state index in [0.29, 0.717) is 24.6 Å². The minimum absolute atomic E-state index is 0.00607. The van der Waals surface area contributed by atoms with Crippen molar-refractivity contribution in [1.29, 1.82) is 0 Å². The van der Waals surface area contributed by atoms with Crippen LogP contribution < -0.4 is 15.5 Å². The smallest absolute Gasteiger partial charge is 0.307 e. The number of carbonyl (C=O) groups is 2. The third-order valence-corrected chi connectivity index (χ3v) is 8.36. The second-order valence-corrected chi connectivity index (χ2v) is 11.1. The molecule has 5 rings (SSSR count). The van der Waals surface area contributed by atoms with E-state index in [9.17, 15) is 9.59 Å². The molecule has 2 N–H and O–H groups in total. The van der Waals surface area contributed by atoms with Gasteiger partial charge in [-0.05, 0) is 75.1 Å². The fourth-order valence-corrected chi connectivity index (χ4v) is 6.07. The molecule has 220 valence electrons. The van der Waals surface area contributed by atoms with Gasteiger partial charge in [0.05, 0.1) is 38.8 Å². The number of furan rings is 1. The van der Waals surface area contributed by atoms with Crippen LogP contribution in [0.2, 0.25) is 0 Å². The van der Waals surface area contributed by atoms with Crippen molar-refractivity contribution in [3.8, 4) is 0 Å². The molecule has 1 aromatic heterocycles. The summed E-state index contributed by atoms with van der Waals surface area (Å²) in [7, 11) is 0. The van der Waals surface area contributed by atoms with Crippen molar-refractivity contribution in [3.05, 3.63) is 59.4 Å². The molecule has 0 radical (unpaired) electrons. The summed E-state index contributed by atoms with van der Waals surface area (Å²) in [6, 6.07) is 14.3. The van der Waals surface area contributed by atoms with Gasteiger partial charge in [-0.15, -0.1) is 0 Å². The summed E-state index contributed by atoms with van der Waals surface area (Å²) >= 11 is 0. The second kappa shape index (κ2) is 14.0. The van der Waals surface area contributed by atoms with Crippen LogP contribution in [0.25, 0.3) is 11.0 Å². The molecule has 41 heavy (non-hydrogen) atoms. The normalized spacial score (nSPS) is 17.0. The number of hydrogen-bond acceptors (Lipinski definition) is 8. The Hall–Kier alpha value is -3.36. The van der Waals surface area contributed by atoms with Crippen LogP contribution in [-0.4, -0.2) is 57.8 Å². The number of carbonyl (C=O) groups excluding carboxylic acids is 2. The Morgan fingerprint density at radius 3 is 2.54 bits per heavy atom. The molecule has 2 fully saturated rings. The van der Waals surface area contributed by atoms with Crippen molar-refractivity contribution >= 4 is 34.1 Å². The number of nitrogens with zero attached hydrogens (tertiary/aromatic N) is 1. The van der Waals surface area contributed by atoms with E-state index in [0.717, 1.165) is 43.3 Å². The monoisotopic (exact) mass is 561 g/mol. The number of benzene rings is 2. The predicted molar refractivity (Wildman–Crippen MR) is 162 cm³/mol. The quantitative estimate of drug-likeness (QED) is 0.157. The number of ketones is 1. The first-order valence-corrected chi connectivity index (χ1v) is 15.2. The summed E-state index contributed by atoms with van der Waals surface area (Å²) in [5.41, 5.74) is 4.95. The number of morpholine rings is 1. The van der Waals surface area contributed by atoms with Gasteiger partial charge in [0.1, 0.15) is 11.3 Å². The molecule has 2 heterocycles. The maximum atomic E-state index is 12.7. The number of hydrogen-bond donors (Lipinski definition) is 2. The van der Waals surface area contributed by atoms with Crippen LogP contribution >= 0.6 is 0 Å². The van der Waals surface area contributed by atoms with Gasteiger partial charge in [0.25, 0.3) is 0 Å². The third kappa shape index (κ3) is 7.29. The molecule has 0 bridgehead atoms. The molecular weight excluding hydrogens is 518 g/mol. The van der Waals surface area contributed by atoms with Crippen LogP contribution in [0.5, 0.6) is 0 Å². The largest absolute Gasteiger partial charge is 0.466 e. The maximum Gasteiger partial charge on any atom is 0.307 e. The number of esters is 1. The minimum atomic E-state index is -0.257. The van der Waals surface area contributed by atoms with Crippen LogP contribution in [0, 0.1) is 12.8 Å². The highest BCUT2D eigenvalue weighted by molar-refractivity contribution is 5.98. The Balaban J connectivity index is 1.30. The van der Waals surface area contributed by atoms with Crippen LogP contribution in [0.4, 0.5) is 11.4 Å². The average molecular weight is 562 g/mol. The van der Waals surface area contributed by atoms with Gasteiger partial charge in [0, 0.05) is 47.5 Å². The van der Waals surface area contributed by atoms with Crippen molar-refractivity contribution in [3.63, 3.8) is 0 Å². The van der Waals surface area contributed by atoms with E-state index in [1.165, 1.54) is 48.7 Å². The summed E-state index contributed by atoms with van der Waals surface area (Å²) in [6.07, 6.45) is 6.35. The van der Waals surface area contributed by atoms with Gasteiger partial charge >= 0.3 is 5.97 Å². The van der Waals surface area contributed by atoms with E-state index >= 15 is 0 Å². The Morgan fingerprint density at radius 1 is 1.05 bits per heavy atom. The molecule has 8 nitrogen and oxygen atoms in total. The zero-order valence-electron chi connectivity index (χ0n) is 24.4. The highest BCUT2D eigenvalue weighted by atomic mass is 16.5. The van der Waals surface area contributed by atoms with Crippen molar-refractivity contribution in [1.82, 2.24) is 5.32 Å². The summed E-state index contributed by atoms with van der Waals surface area (Å²) in [6.45, 7) is 8.26. The Bertz CT molecular complexity index is 1310. The van der Waals surface area contributed by atoms with Crippen LogP contribution in [0.3, 0.4) is 0 Å². The van der Waals surface area contributed by atoms with Crippen molar-refractivity contribution in [2.24, 2.45) is 5.92 Å². The van der Waals surface area contributed by atoms with Gasteiger partial charge < -0.3 is 29.4 Å². The van der Waals surface area contributed by atoms with Gasteiger partial charge in [-0.1, -0.05) is 19.3 Å². The van der Waals surface area contributed by atoms with Crippen molar-refractivity contribution in [2.75, 3.05) is 56.2 Å². The lowest BCUT2D eigenvalue weighted by Gasteiger charge is -2.31. The lowest BCUT2D eigenvalue weighted by atomic mass is 9.82. The van der Waals surface area contributed by atoms with E-state index in [4.69, 9.17) is 13.9 Å². The van der Waals surface area contributed by atoms with Gasteiger partial charge in [-0.25, -0.2) is 0 Å². The van der Waals surface area contributed by atoms with Gasteiger partial charge in [0.2, 0.25) is 0 Å². The van der Waals surface area contributed by atoms with E-state index in [-0.39, 0.29) is 30.8 Å². The Labute approximate surface area is 242 Å². The molecule has 3 aromatic rings. The Kier molecular flexibility index (Phi) is 9.96. The zero-order valence-corrected chi connectivity index (χ0v) is 24.4. The molecule has 1 unspecified atom stereocenters. The van der Waals surface area contributed by atoms with E-state index in [1.54, 1.807) is 6.92 Å². The molecule has 1 saturated carbocycles. The van der Waals surface area contributed by atoms with Gasteiger partial charge in [0.15, 0.2) is 5.78 Å². The molecule has 1 aliphatic carbocycles. The lowest BCUT2D eigenvalue weighted by molar-refractivity contribution is -0.142. The van der Waals surface area contributed by atoms with Gasteiger partial charge in [-0.3, -0.25) is 9.59 Å². The van der Waals surface area contributed by atoms with Gasteiger partial charge in [-0.2, -0.15) is 0 Å². The molecule has 0 spiro atoms. The molecule has 1 aliphatic heterocycles. The first-order chi connectivity index (χ1) is 20.0. The molecule has 2 aliphatic rings. The summed E-state index contributed by atoms with van der Waals surface area (Å²) < 4.78 is 17.0. The number of anilines is 2. The number of aryl methyl sites for hydroxylation is 1. The zero-order chi connectivity index (χ0) is 28.6. The van der Waals surface area contributed by atoms with Crippen LogP contribution in [0.1, 0.15) is 73.2 Å². The average Bonchev–Trinajstić information content (AvgIpc) is 3.34. The first kappa shape index (κ1) is 29.1. The number of nitrogens with one attached hydrogen (secondary N) is 2. The van der Waals surface area contributed by atoms with E-state index < -0.39 is 0 Å². The highest BCUT2D eigenvalue weighted by Gasteiger charge is 2.30. The summed E-state index contributed by atoms with van der Waals surface area (Å²) in [4.78, 5) is 26.5. The molecule has 1 saturated heterocycles. The fourth-order valence-electron chi connectivity index (χ4n) is 6.07. The number of Topliss-reactive ketones (excluding diaryl/α,β-unsaturated/α-hetero) is 1. The summed E-state index contributed by atoms with van der Waals surface area (Å²) in [5, 5.41) is 8.00. The van der Waals surface area contributed by atoms with Crippen molar-refractivity contribution in [2.45, 2.75) is 58.4 Å². The molecular formula is C33H43N3O5. The molecule has 1 atom stereocenters. The first-order valence-electron chi connectivity index (χ1n) is 15.2. The highest BCUT2D eigenvalue weighted by Crippen LogP contribution is 2.41. The minimum Gasteiger partial charge on any atom is -0.466 e. The standard InChI is InChI=1S/C33H43N3O5/c1-3-40-31(38)15-16-34-22-29(37)24-9-11-26(12-10-24)35-32(25-7-5-4-6-8-25)33-23(2)28-21-27(13-14-30(28)41-33)36-17-19-39-20-18-36/h9-14,21,25,32,34-35H,3-8,15-20,22H2,1-2H3. The third-order valence-electron chi connectivity index (χ3n) is 8.36. The Morgan fingerprint density at radius 2 is 1.80 bits per heavy atom. The molecule has 2 aromatic carbocycles. The van der Waals surface area contributed by atoms with Crippen LogP contribution in [0.15, 0.2) is 46.9 Å². The van der Waals surface area contributed by atoms with Crippen molar-refractivity contribution < 1.29 is 23.5 Å². The maximum absolute atomic E-state index is 12.7. The second-order valence-electron chi connectivity index (χ2n) is 11.1. The number of rotatable bonds is 12.